The van der Waals surface area contributed by atoms with E-state index in [9.17, 15) is 70.9 Å². The van der Waals surface area contributed by atoms with Crippen molar-refractivity contribution in [2.45, 2.75) is 97.7 Å². The van der Waals surface area contributed by atoms with Gasteiger partial charge in [-0.15, -0.1) is 0 Å². The van der Waals surface area contributed by atoms with E-state index in [2.05, 4.69) is 4.74 Å². The predicted octanol–water partition coefficient (Wildman–Crippen LogP) is -9.21. The maximum absolute atomic E-state index is 11.9. The molecule has 0 aromatic rings. The van der Waals surface area contributed by atoms with Crippen LogP contribution >= 0.6 is 0 Å². The number of carbonyl (C=O) groups excluding carboxylic acids is 1. The van der Waals surface area contributed by atoms with Crippen LogP contribution in [0.4, 0.5) is 0 Å². The summed E-state index contributed by atoms with van der Waals surface area (Å²) in [5, 5.41) is 129. The van der Waals surface area contributed by atoms with Crippen LogP contribution in [-0.4, -0.2) is 202 Å². The van der Waals surface area contributed by atoms with Gasteiger partial charge in [0.1, 0.15) is 80.4 Å². The van der Waals surface area contributed by atoms with Gasteiger partial charge in [0, 0.05) is 0 Å². The van der Waals surface area contributed by atoms with Gasteiger partial charge in [-0.05, 0) is 0 Å². The van der Waals surface area contributed by atoms with Gasteiger partial charge >= 0.3 is 11.9 Å². The Hall–Kier alpha value is -1.74. The third kappa shape index (κ3) is 7.23. The highest BCUT2D eigenvalue weighted by Crippen LogP contribution is 2.39. The zero-order chi connectivity index (χ0) is 32.4. The summed E-state index contributed by atoms with van der Waals surface area (Å²) in [5.74, 6) is -6.25. The van der Waals surface area contributed by atoms with Gasteiger partial charge in [-0.25, -0.2) is 9.59 Å². The van der Waals surface area contributed by atoms with Crippen LogP contribution in [0, 0.1) is 0 Å². The van der Waals surface area contributed by atoms with E-state index in [0.29, 0.717) is 0 Å². The fourth-order valence-electron chi connectivity index (χ4n) is 4.62. The van der Waals surface area contributed by atoms with Crippen molar-refractivity contribution in [2.75, 3.05) is 26.4 Å². The third-order valence-corrected chi connectivity index (χ3v) is 7.17. The number of carbonyl (C=O) groups is 2. The van der Waals surface area contributed by atoms with Gasteiger partial charge in [0.05, 0.1) is 13.2 Å². The Morgan fingerprint density at radius 3 is 1.77 bits per heavy atom. The molecule has 2 unspecified atom stereocenters. The lowest BCUT2D eigenvalue weighted by molar-refractivity contribution is -0.400. The topological polar surface area (TPSA) is 353 Å². The van der Waals surface area contributed by atoms with Gasteiger partial charge < -0.3 is 94.8 Å². The van der Waals surface area contributed by atoms with E-state index in [4.69, 9.17) is 28.8 Å². The summed E-state index contributed by atoms with van der Waals surface area (Å²) in [6.07, 6.45) is -29.8. The molecule has 3 aliphatic heterocycles. The Bertz CT molecular complexity index is 937. The van der Waals surface area contributed by atoms with Crippen LogP contribution in [0.3, 0.4) is 0 Å². The number of rotatable bonds is 12. The maximum Gasteiger partial charge on any atom is 0.338 e. The van der Waals surface area contributed by atoms with Crippen LogP contribution in [0.25, 0.3) is 0 Å². The number of esters is 1. The van der Waals surface area contributed by atoms with Crippen molar-refractivity contribution >= 4 is 11.9 Å². The van der Waals surface area contributed by atoms with E-state index in [1.54, 1.807) is 0 Å². The smallest absolute Gasteiger partial charge is 0.338 e. The Morgan fingerprint density at radius 2 is 1.23 bits per heavy atom. The number of aliphatic hydroxyl groups is 12. The van der Waals surface area contributed by atoms with E-state index in [1.807, 2.05) is 0 Å². The van der Waals surface area contributed by atoms with Crippen LogP contribution in [-0.2, 0) is 38.0 Å². The van der Waals surface area contributed by atoms with Gasteiger partial charge in [-0.3, -0.25) is 0 Å². The minimum Gasteiger partial charge on any atom is -0.479 e. The third-order valence-electron chi connectivity index (χ3n) is 7.17. The van der Waals surface area contributed by atoms with E-state index in [-0.39, 0.29) is 0 Å². The van der Waals surface area contributed by atoms with Gasteiger partial charge in [0.25, 0.3) is 0 Å². The second kappa shape index (κ2) is 14.6. The summed E-state index contributed by atoms with van der Waals surface area (Å²) in [4.78, 5) is 22.7. The summed E-state index contributed by atoms with van der Waals surface area (Å²) < 4.78 is 31.7. The summed E-state index contributed by atoms with van der Waals surface area (Å²) in [5.41, 5.74) is 0. The van der Waals surface area contributed by atoms with E-state index < -0.39 is 136 Å². The molecule has 43 heavy (non-hydrogen) atoms. The highest BCUT2D eigenvalue weighted by Gasteiger charge is 2.61. The summed E-state index contributed by atoms with van der Waals surface area (Å²) in [6.45, 7) is -4.05. The van der Waals surface area contributed by atoms with Crippen LogP contribution in [0.2, 0.25) is 0 Å². The molecular formula is C22H36O21. The first-order valence-corrected chi connectivity index (χ1v) is 12.8. The Kier molecular flexibility index (Phi) is 12.1. The van der Waals surface area contributed by atoms with Crippen molar-refractivity contribution in [3.63, 3.8) is 0 Å². The first-order chi connectivity index (χ1) is 20.1. The molecule has 0 amide bonds. The molecule has 3 saturated heterocycles. The lowest BCUT2D eigenvalue weighted by atomic mass is 9.98. The average Bonchev–Trinajstić information content (AvgIpc) is 3.25. The Morgan fingerprint density at radius 1 is 0.698 bits per heavy atom. The van der Waals surface area contributed by atoms with Crippen molar-refractivity contribution in [3.05, 3.63) is 0 Å². The number of carboxylic acids is 1. The number of aliphatic hydroxyl groups excluding tert-OH is 12. The fourth-order valence-corrected chi connectivity index (χ4v) is 4.62. The molecule has 16 atom stereocenters. The van der Waals surface area contributed by atoms with Gasteiger partial charge in [-0.1, -0.05) is 0 Å². The minimum atomic E-state index is -2.62. The van der Waals surface area contributed by atoms with Crippen LogP contribution in [0.1, 0.15) is 0 Å². The molecule has 13 N–H and O–H groups in total. The first kappa shape index (κ1) is 35.7. The Balaban J connectivity index is 1.81. The summed E-state index contributed by atoms with van der Waals surface area (Å²) >= 11 is 0. The van der Waals surface area contributed by atoms with Crippen LogP contribution in [0.15, 0.2) is 0 Å². The lowest BCUT2D eigenvalue weighted by Gasteiger charge is -2.45. The molecule has 0 aromatic carbocycles. The molecule has 21 nitrogen and oxygen atoms in total. The fraction of sp³-hybridized carbons (Fsp3) is 0.909. The van der Waals surface area contributed by atoms with Crippen LogP contribution in [0.5, 0.6) is 0 Å². The number of ether oxygens (including phenoxy) is 6. The van der Waals surface area contributed by atoms with Crippen molar-refractivity contribution in [2.24, 2.45) is 0 Å². The minimum absolute atomic E-state index is 0.851. The van der Waals surface area contributed by atoms with Gasteiger partial charge in [0.15, 0.2) is 24.8 Å². The normalized spacial score (nSPS) is 45.0. The van der Waals surface area contributed by atoms with E-state index >= 15 is 0 Å². The van der Waals surface area contributed by atoms with Gasteiger partial charge in [0.2, 0.25) is 5.79 Å². The molecule has 0 spiro atoms. The summed E-state index contributed by atoms with van der Waals surface area (Å²) in [7, 11) is 0. The lowest BCUT2D eigenvalue weighted by Crippen LogP contribution is -2.64. The monoisotopic (exact) mass is 636 g/mol. The number of hydrogen-bond acceptors (Lipinski definition) is 20. The van der Waals surface area contributed by atoms with Gasteiger partial charge in [-0.2, -0.15) is 0 Å². The Labute approximate surface area is 241 Å². The van der Waals surface area contributed by atoms with Crippen molar-refractivity contribution in [1.82, 2.24) is 0 Å². The SMILES string of the molecule is O=C(O)C(O)C(O)C(=O)OC[C@H]1O[C@H](O[C@]2(CO)O[C@H](CO)[C@@H](O)[C@@H]2O[C@H]2O[C@H](CO)[C@@H](O)[C@H](O)[C@H]2O)[C@H](O)[C@@H](O)[C@@H]1O. The second-order valence-electron chi connectivity index (χ2n) is 10.0. The molecule has 3 aliphatic rings. The first-order valence-electron chi connectivity index (χ1n) is 12.8. The zero-order valence-corrected chi connectivity index (χ0v) is 22.1. The van der Waals surface area contributed by atoms with Crippen LogP contribution < -0.4 is 0 Å². The largest absolute Gasteiger partial charge is 0.479 e. The quantitative estimate of drug-likeness (QED) is 0.0884. The molecule has 0 aromatic heterocycles. The molecular weight excluding hydrogens is 600 g/mol. The molecule has 0 saturated carbocycles. The molecule has 3 fully saturated rings. The van der Waals surface area contributed by atoms with Crippen molar-refractivity contribution < 1.29 is 104 Å². The predicted molar refractivity (Wildman–Crippen MR) is 125 cm³/mol. The van der Waals surface area contributed by atoms with E-state index in [0.717, 1.165) is 0 Å². The molecule has 3 rings (SSSR count). The van der Waals surface area contributed by atoms with E-state index in [1.165, 1.54) is 0 Å². The maximum atomic E-state index is 11.9. The van der Waals surface area contributed by atoms with Crippen molar-refractivity contribution in [1.29, 1.82) is 0 Å². The average molecular weight is 637 g/mol. The number of carboxylic acid groups (broad SMARTS) is 1. The molecule has 0 bridgehead atoms. The molecule has 0 radical (unpaired) electrons. The van der Waals surface area contributed by atoms with Crippen molar-refractivity contribution in [3.8, 4) is 0 Å². The molecule has 21 heteroatoms. The highest BCUT2D eigenvalue weighted by atomic mass is 16.8. The number of aliphatic carboxylic acids is 1. The molecule has 3 heterocycles. The number of hydrogen-bond donors (Lipinski definition) is 13. The standard InChI is InChI=1S/C22H36O21/c23-1-5-8(26)11(29)15(33)20(39-5)41-17-10(28)6(2-24)42-22(17,4-25)43-21-16(34)12(30)9(27)7(40-21)3-38-19(37)14(32)13(31)18(35)36/h5-17,20-21,23-34H,1-4H2,(H,35,36)/t5-,6-,7-,8-,9-,10-,11+,12+,13?,14?,15-,16-,17+,20-,21-,22+/m1/s1. The summed E-state index contributed by atoms with van der Waals surface area (Å²) in [6, 6.07) is 0. The highest BCUT2D eigenvalue weighted by molar-refractivity contribution is 5.84. The second-order valence-corrected chi connectivity index (χ2v) is 10.0. The zero-order valence-electron chi connectivity index (χ0n) is 22.1. The molecule has 250 valence electrons. The molecule has 0 aliphatic carbocycles.